The molecule has 18 heavy (non-hydrogen) atoms. The molecule has 0 aliphatic heterocycles. The second-order valence-corrected chi connectivity index (χ2v) is 4.75. The third kappa shape index (κ3) is 2.84. The van der Waals surface area contributed by atoms with E-state index in [1.807, 2.05) is 44.2 Å². The summed E-state index contributed by atoms with van der Waals surface area (Å²) < 4.78 is 5.85. The van der Waals surface area contributed by atoms with Crippen LogP contribution >= 0.6 is 11.6 Å². The topological polar surface area (TPSA) is 35.2 Å². The van der Waals surface area contributed by atoms with Gasteiger partial charge in [0.1, 0.15) is 11.5 Å². The minimum Gasteiger partial charge on any atom is -0.456 e. The van der Waals surface area contributed by atoms with Crippen molar-refractivity contribution in [2.45, 2.75) is 20.4 Å². The number of benzene rings is 2. The van der Waals surface area contributed by atoms with Gasteiger partial charge >= 0.3 is 0 Å². The Morgan fingerprint density at radius 3 is 2.50 bits per heavy atom. The van der Waals surface area contributed by atoms with Crippen LogP contribution in [0.1, 0.15) is 16.7 Å². The fourth-order valence-corrected chi connectivity index (χ4v) is 1.93. The fraction of sp³-hybridized carbons (Fsp3) is 0.200. The Morgan fingerprint density at radius 1 is 1.06 bits per heavy atom. The number of hydrogen-bond acceptors (Lipinski definition) is 2. The summed E-state index contributed by atoms with van der Waals surface area (Å²) in [6.45, 7) is 4.52. The first-order valence-corrected chi connectivity index (χ1v) is 6.21. The van der Waals surface area contributed by atoms with E-state index in [9.17, 15) is 0 Å². The third-order valence-electron chi connectivity index (χ3n) is 2.80. The Morgan fingerprint density at radius 2 is 1.83 bits per heavy atom. The van der Waals surface area contributed by atoms with Crippen molar-refractivity contribution in [3.05, 3.63) is 58.1 Å². The zero-order valence-electron chi connectivity index (χ0n) is 10.5. The summed E-state index contributed by atoms with van der Waals surface area (Å²) in [5.74, 6) is 1.49. The van der Waals surface area contributed by atoms with Crippen molar-refractivity contribution < 1.29 is 4.74 Å². The van der Waals surface area contributed by atoms with Crippen molar-refractivity contribution in [1.29, 1.82) is 0 Å². The molecule has 0 radical (unpaired) electrons. The standard InChI is InChI=1S/C15H16ClNO/c1-10-3-4-11(2)15(7-10)18-14-6-5-12(9-17)8-13(14)16/h3-8H,9,17H2,1-2H3. The molecular weight excluding hydrogens is 246 g/mol. The van der Waals surface area contributed by atoms with Crippen molar-refractivity contribution in [3.8, 4) is 11.5 Å². The van der Waals surface area contributed by atoms with Gasteiger partial charge in [-0.05, 0) is 48.7 Å². The molecule has 2 N–H and O–H groups in total. The number of ether oxygens (including phenoxy) is 1. The van der Waals surface area contributed by atoms with Crippen LogP contribution in [0.5, 0.6) is 11.5 Å². The molecule has 0 amide bonds. The molecule has 0 aromatic heterocycles. The second kappa shape index (κ2) is 5.42. The molecular formula is C15H16ClNO. The Labute approximate surface area is 112 Å². The smallest absolute Gasteiger partial charge is 0.146 e. The summed E-state index contributed by atoms with van der Waals surface area (Å²) in [4.78, 5) is 0. The third-order valence-corrected chi connectivity index (χ3v) is 3.09. The molecule has 0 aliphatic rings. The van der Waals surface area contributed by atoms with E-state index in [4.69, 9.17) is 22.1 Å². The fourth-order valence-electron chi connectivity index (χ4n) is 1.69. The molecule has 0 atom stereocenters. The lowest BCUT2D eigenvalue weighted by Crippen LogP contribution is -1.96. The van der Waals surface area contributed by atoms with E-state index < -0.39 is 0 Å². The normalized spacial score (nSPS) is 10.4. The van der Waals surface area contributed by atoms with Crippen LogP contribution < -0.4 is 10.5 Å². The van der Waals surface area contributed by atoms with Crippen LogP contribution in [-0.4, -0.2) is 0 Å². The molecule has 2 rings (SSSR count). The molecule has 2 aromatic carbocycles. The summed E-state index contributed by atoms with van der Waals surface area (Å²) in [7, 11) is 0. The Bertz CT molecular complexity index is 566. The predicted molar refractivity (Wildman–Crippen MR) is 75.3 cm³/mol. The Kier molecular flexibility index (Phi) is 3.90. The summed E-state index contributed by atoms with van der Waals surface area (Å²) in [6.07, 6.45) is 0. The van der Waals surface area contributed by atoms with Gasteiger partial charge < -0.3 is 10.5 Å². The first-order valence-electron chi connectivity index (χ1n) is 5.84. The summed E-state index contributed by atoms with van der Waals surface area (Å²) in [6, 6.07) is 11.7. The summed E-state index contributed by atoms with van der Waals surface area (Å²) in [5, 5.41) is 0.582. The molecule has 0 fully saturated rings. The average Bonchev–Trinajstić information content (AvgIpc) is 2.36. The molecule has 0 saturated carbocycles. The molecule has 0 saturated heterocycles. The summed E-state index contributed by atoms with van der Waals surface area (Å²) in [5.41, 5.74) is 8.80. The van der Waals surface area contributed by atoms with Crippen molar-refractivity contribution in [2.24, 2.45) is 5.73 Å². The first kappa shape index (κ1) is 12.9. The lowest BCUT2D eigenvalue weighted by Gasteiger charge is -2.11. The Hall–Kier alpha value is -1.51. The van der Waals surface area contributed by atoms with E-state index >= 15 is 0 Å². The number of nitrogens with two attached hydrogens (primary N) is 1. The molecule has 94 valence electrons. The Balaban J connectivity index is 2.31. The highest BCUT2D eigenvalue weighted by Gasteiger charge is 2.06. The lowest BCUT2D eigenvalue weighted by atomic mass is 10.1. The minimum atomic E-state index is 0.476. The van der Waals surface area contributed by atoms with Crippen molar-refractivity contribution in [1.82, 2.24) is 0 Å². The van der Waals surface area contributed by atoms with Gasteiger partial charge in [0.2, 0.25) is 0 Å². The molecule has 2 aromatic rings. The SMILES string of the molecule is Cc1ccc(C)c(Oc2ccc(CN)cc2Cl)c1. The van der Waals surface area contributed by atoms with Gasteiger partial charge in [0.15, 0.2) is 0 Å². The number of hydrogen-bond donors (Lipinski definition) is 1. The van der Waals surface area contributed by atoms with Crippen LogP contribution in [0.2, 0.25) is 5.02 Å². The molecule has 0 unspecified atom stereocenters. The van der Waals surface area contributed by atoms with Crippen molar-refractivity contribution in [2.75, 3.05) is 0 Å². The highest BCUT2D eigenvalue weighted by atomic mass is 35.5. The van der Waals surface area contributed by atoms with Gasteiger partial charge in [-0.25, -0.2) is 0 Å². The van der Waals surface area contributed by atoms with Gasteiger partial charge in [0.05, 0.1) is 5.02 Å². The van der Waals surface area contributed by atoms with E-state index in [0.717, 1.165) is 22.4 Å². The van der Waals surface area contributed by atoms with Crippen LogP contribution in [0.25, 0.3) is 0 Å². The van der Waals surface area contributed by atoms with Gasteiger partial charge in [-0.15, -0.1) is 0 Å². The van der Waals surface area contributed by atoms with Crippen LogP contribution in [0.15, 0.2) is 36.4 Å². The van der Waals surface area contributed by atoms with Crippen LogP contribution in [0.4, 0.5) is 0 Å². The quantitative estimate of drug-likeness (QED) is 0.898. The van der Waals surface area contributed by atoms with Crippen molar-refractivity contribution in [3.63, 3.8) is 0 Å². The zero-order chi connectivity index (χ0) is 13.1. The number of rotatable bonds is 3. The predicted octanol–water partition coefficient (Wildman–Crippen LogP) is 4.21. The minimum absolute atomic E-state index is 0.476. The van der Waals surface area contributed by atoms with Gasteiger partial charge in [-0.3, -0.25) is 0 Å². The number of aryl methyl sites for hydroxylation is 2. The highest BCUT2D eigenvalue weighted by Crippen LogP contribution is 2.32. The maximum absolute atomic E-state index is 6.17. The van der Waals surface area contributed by atoms with Crippen molar-refractivity contribution >= 4 is 11.6 Å². The van der Waals surface area contributed by atoms with Gasteiger partial charge in [-0.2, -0.15) is 0 Å². The highest BCUT2D eigenvalue weighted by molar-refractivity contribution is 6.32. The van der Waals surface area contributed by atoms with Gasteiger partial charge in [0, 0.05) is 6.54 Å². The second-order valence-electron chi connectivity index (χ2n) is 4.34. The monoisotopic (exact) mass is 261 g/mol. The largest absolute Gasteiger partial charge is 0.456 e. The lowest BCUT2D eigenvalue weighted by molar-refractivity contribution is 0.478. The average molecular weight is 262 g/mol. The van der Waals surface area contributed by atoms with E-state index in [0.29, 0.717) is 17.3 Å². The van der Waals surface area contributed by atoms with Crippen LogP contribution in [-0.2, 0) is 6.54 Å². The van der Waals surface area contributed by atoms with E-state index in [1.54, 1.807) is 0 Å². The maximum Gasteiger partial charge on any atom is 0.146 e. The summed E-state index contributed by atoms with van der Waals surface area (Å²) >= 11 is 6.17. The zero-order valence-corrected chi connectivity index (χ0v) is 11.3. The first-order chi connectivity index (χ1) is 8.60. The number of halogens is 1. The van der Waals surface area contributed by atoms with E-state index in [1.165, 1.54) is 0 Å². The van der Waals surface area contributed by atoms with Crippen LogP contribution in [0.3, 0.4) is 0 Å². The molecule has 0 heterocycles. The van der Waals surface area contributed by atoms with Gasteiger partial charge in [-0.1, -0.05) is 29.8 Å². The van der Waals surface area contributed by atoms with Crippen LogP contribution in [0, 0.1) is 13.8 Å². The maximum atomic E-state index is 6.17. The molecule has 0 bridgehead atoms. The van der Waals surface area contributed by atoms with E-state index in [2.05, 4.69) is 6.07 Å². The molecule has 2 nitrogen and oxygen atoms in total. The molecule has 3 heteroatoms. The molecule has 0 aliphatic carbocycles. The molecule has 0 spiro atoms. The van der Waals surface area contributed by atoms with E-state index in [-0.39, 0.29) is 0 Å². The van der Waals surface area contributed by atoms with Gasteiger partial charge in [0.25, 0.3) is 0 Å².